The highest BCUT2D eigenvalue weighted by Crippen LogP contribution is 2.27. The molecule has 11 heteroatoms. The highest BCUT2D eigenvalue weighted by atomic mass is 32.2. The van der Waals surface area contributed by atoms with Gasteiger partial charge >= 0.3 is 5.97 Å². The molecule has 0 aliphatic carbocycles. The fourth-order valence-corrected chi connectivity index (χ4v) is 2.97. The molecule has 2 aromatic heterocycles. The Bertz CT molecular complexity index is 1140. The van der Waals surface area contributed by atoms with Crippen molar-refractivity contribution in [1.82, 2.24) is 14.6 Å². The minimum atomic E-state index is -4.60. The molecular weight excluding hydrogens is 379 g/mol. The van der Waals surface area contributed by atoms with E-state index >= 15 is 0 Å². The third-order valence-electron chi connectivity index (χ3n) is 3.65. The third-order valence-corrected chi connectivity index (χ3v) is 4.49. The Labute approximate surface area is 153 Å². The lowest BCUT2D eigenvalue weighted by atomic mass is 10.2. The second-order valence-electron chi connectivity index (χ2n) is 5.57. The second kappa shape index (κ2) is 6.93. The molecule has 0 spiro atoms. The number of carbonyl (C=O) groups is 1. The second-order valence-corrected chi connectivity index (χ2v) is 6.96. The van der Waals surface area contributed by atoms with Crippen LogP contribution in [-0.2, 0) is 14.9 Å². The van der Waals surface area contributed by atoms with E-state index in [4.69, 9.17) is 4.74 Å². The maximum absolute atomic E-state index is 14.3. The molecule has 0 amide bonds. The number of halogens is 1. The van der Waals surface area contributed by atoms with Gasteiger partial charge in [0.2, 0.25) is 0 Å². The zero-order valence-electron chi connectivity index (χ0n) is 14.3. The molecule has 0 radical (unpaired) electrons. The van der Waals surface area contributed by atoms with Crippen LogP contribution in [0.3, 0.4) is 0 Å². The molecule has 0 bridgehead atoms. The molecule has 0 aliphatic rings. The Morgan fingerprint density at radius 1 is 1.37 bits per heavy atom. The van der Waals surface area contributed by atoms with Crippen LogP contribution in [0, 0.1) is 12.7 Å². The van der Waals surface area contributed by atoms with Crippen LogP contribution in [0.2, 0.25) is 0 Å². The van der Waals surface area contributed by atoms with Gasteiger partial charge in [-0.3, -0.25) is 4.55 Å². The number of esters is 1. The molecule has 27 heavy (non-hydrogen) atoms. The summed E-state index contributed by atoms with van der Waals surface area (Å²) in [5, 5.41) is 6.58. The van der Waals surface area contributed by atoms with Gasteiger partial charge in [-0.05, 0) is 31.5 Å². The lowest BCUT2D eigenvalue weighted by Crippen LogP contribution is -2.13. The van der Waals surface area contributed by atoms with Crippen molar-refractivity contribution in [3.63, 3.8) is 0 Å². The topological polar surface area (TPSA) is 123 Å². The van der Waals surface area contributed by atoms with E-state index in [0.717, 1.165) is 16.9 Å². The van der Waals surface area contributed by atoms with Crippen LogP contribution < -0.4 is 5.32 Å². The summed E-state index contributed by atoms with van der Waals surface area (Å²) in [7, 11) is -4.60. The number of aryl methyl sites for hydroxylation is 1. The maximum Gasteiger partial charge on any atom is 0.343 e. The Hall–Kier alpha value is -3.05. The summed E-state index contributed by atoms with van der Waals surface area (Å²) in [6.07, 6.45) is 1.95. The fraction of sp³-hybridized carbons (Fsp3) is 0.188. The molecule has 2 heterocycles. The fourth-order valence-electron chi connectivity index (χ4n) is 2.42. The van der Waals surface area contributed by atoms with Crippen molar-refractivity contribution in [2.75, 3.05) is 11.9 Å². The number of ether oxygens (including phenoxy) is 1. The summed E-state index contributed by atoms with van der Waals surface area (Å²) in [6, 6.07) is 4.40. The first kappa shape index (κ1) is 18.7. The van der Waals surface area contributed by atoms with Crippen molar-refractivity contribution in [3.05, 3.63) is 47.5 Å². The summed E-state index contributed by atoms with van der Waals surface area (Å²) in [6.45, 7) is 3.42. The van der Waals surface area contributed by atoms with E-state index in [1.165, 1.54) is 12.1 Å². The SMILES string of the molecule is CCOC(=O)c1cnc2c(S(=O)(=O)O)cnn2c1Nc1ccc(C)cc1F. The van der Waals surface area contributed by atoms with Crippen LogP contribution >= 0.6 is 0 Å². The van der Waals surface area contributed by atoms with Crippen LogP contribution in [0.1, 0.15) is 22.8 Å². The van der Waals surface area contributed by atoms with Gasteiger partial charge in [-0.25, -0.2) is 14.2 Å². The van der Waals surface area contributed by atoms with Crippen molar-refractivity contribution in [2.45, 2.75) is 18.7 Å². The summed E-state index contributed by atoms with van der Waals surface area (Å²) in [5.41, 5.74) is 0.397. The van der Waals surface area contributed by atoms with Gasteiger partial charge < -0.3 is 10.1 Å². The molecule has 142 valence electrons. The minimum absolute atomic E-state index is 0.0301. The number of nitrogens with one attached hydrogen (secondary N) is 1. The Morgan fingerprint density at radius 3 is 2.74 bits per heavy atom. The van der Waals surface area contributed by atoms with Gasteiger partial charge in [0, 0.05) is 6.20 Å². The van der Waals surface area contributed by atoms with Crippen molar-refractivity contribution in [3.8, 4) is 0 Å². The lowest BCUT2D eigenvalue weighted by Gasteiger charge is -2.13. The lowest BCUT2D eigenvalue weighted by molar-refractivity contribution is 0.0526. The Balaban J connectivity index is 2.23. The van der Waals surface area contributed by atoms with Crippen molar-refractivity contribution >= 4 is 33.2 Å². The van der Waals surface area contributed by atoms with E-state index in [1.807, 2.05) is 0 Å². The van der Waals surface area contributed by atoms with Crippen molar-refractivity contribution in [2.24, 2.45) is 0 Å². The Morgan fingerprint density at radius 2 is 2.11 bits per heavy atom. The first-order chi connectivity index (χ1) is 12.7. The predicted octanol–water partition coefficient (Wildman–Crippen LogP) is 2.34. The van der Waals surface area contributed by atoms with Crippen molar-refractivity contribution in [1.29, 1.82) is 0 Å². The monoisotopic (exact) mass is 394 g/mol. The zero-order valence-corrected chi connectivity index (χ0v) is 15.1. The van der Waals surface area contributed by atoms with Gasteiger partial charge in [-0.2, -0.15) is 18.0 Å². The predicted molar refractivity (Wildman–Crippen MR) is 93.2 cm³/mol. The normalized spacial score (nSPS) is 11.6. The zero-order chi connectivity index (χ0) is 19.8. The largest absolute Gasteiger partial charge is 0.462 e. The summed E-state index contributed by atoms with van der Waals surface area (Å²) in [4.78, 5) is 15.6. The molecule has 0 saturated heterocycles. The molecule has 0 atom stereocenters. The highest BCUT2D eigenvalue weighted by molar-refractivity contribution is 7.86. The summed E-state index contributed by atoms with van der Waals surface area (Å²) in [5.74, 6) is -1.40. The molecule has 1 aromatic carbocycles. The van der Waals surface area contributed by atoms with Gasteiger partial charge in [-0.15, -0.1) is 0 Å². The quantitative estimate of drug-likeness (QED) is 0.499. The standard InChI is InChI=1S/C16H15FN4O5S/c1-3-26-16(22)10-7-18-15-13(27(23,24)25)8-19-21(15)14(10)20-12-5-4-9(2)6-11(12)17/h4-8,20H,3H2,1-2H3,(H,23,24,25). The van der Waals surface area contributed by atoms with E-state index in [9.17, 15) is 22.2 Å². The molecule has 0 unspecified atom stereocenters. The van der Waals surface area contributed by atoms with Crippen molar-refractivity contribution < 1.29 is 26.9 Å². The molecular formula is C16H15FN4O5S. The molecule has 9 nitrogen and oxygen atoms in total. The maximum atomic E-state index is 14.3. The number of hydrogen-bond acceptors (Lipinski definition) is 7. The number of fused-ring (bicyclic) bond motifs is 1. The van der Waals surface area contributed by atoms with Crippen LogP contribution in [0.15, 0.2) is 35.5 Å². The molecule has 0 fully saturated rings. The average Bonchev–Trinajstić information content (AvgIpc) is 3.02. The molecule has 0 saturated carbocycles. The third kappa shape index (κ3) is 3.59. The Kier molecular flexibility index (Phi) is 4.81. The number of benzene rings is 1. The number of rotatable bonds is 5. The van der Waals surface area contributed by atoms with E-state index in [-0.39, 0.29) is 29.3 Å². The van der Waals surface area contributed by atoms with Gasteiger partial charge in [0.15, 0.2) is 16.4 Å². The first-order valence-corrected chi connectivity index (χ1v) is 9.21. The first-order valence-electron chi connectivity index (χ1n) is 7.77. The van der Waals surface area contributed by atoms with Crippen LogP contribution in [-0.4, -0.2) is 40.1 Å². The van der Waals surface area contributed by atoms with Crippen LogP contribution in [0.4, 0.5) is 15.9 Å². The van der Waals surface area contributed by atoms with Gasteiger partial charge in [0.05, 0.1) is 18.5 Å². The van der Waals surface area contributed by atoms with Gasteiger partial charge in [0.1, 0.15) is 11.4 Å². The average molecular weight is 394 g/mol. The van der Waals surface area contributed by atoms with E-state index in [2.05, 4.69) is 15.4 Å². The number of carbonyl (C=O) groups excluding carboxylic acids is 1. The van der Waals surface area contributed by atoms with Crippen LogP contribution in [0.25, 0.3) is 5.65 Å². The molecule has 2 N–H and O–H groups in total. The smallest absolute Gasteiger partial charge is 0.343 e. The van der Waals surface area contributed by atoms with E-state index < -0.39 is 26.8 Å². The molecule has 3 rings (SSSR count). The van der Waals surface area contributed by atoms with Crippen LogP contribution in [0.5, 0.6) is 0 Å². The number of aromatic nitrogens is 3. The number of hydrogen-bond donors (Lipinski definition) is 2. The molecule has 0 aliphatic heterocycles. The van der Waals surface area contributed by atoms with Gasteiger partial charge in [0.25, 0.3) is 10.1 Å². The van der Waals surface area contributed by atoms with Gasteiger partial charge in [-0.1, -0.05) is 6.07 Å². The minimum Gasteiger partial charge on any atom is -0.462 e. The summed E-state index contributed by atoms with van der Waals surface area (Å²) < 4.78 is 52.5. The molecule has 3 aromatic rings. The number of nitrogens with zero attached hydrogens (tertiary/aromatic N) is 3. The van der Waals surface area contributed by atoms with E-state index in [1.54, 1.807) is 19.9 Å². The number of anilines is 2. The van der Waals surface area contributed by atoms with E-state index in [0.29, 0.717) is 5.56 Å². The summed E-state index contributed by atoms with van der Waals surface area (Å²) >= 11 is 0. The highest BCUT2D eigenvalue weighted by Gasteiger charge is 2.24.